The predicted octanol–water partition coefficient (Wildman–Crippen LogP) is -2.17. The van der Waals surface area contributed by atoms with Gasteiger partial charge in [-0.1, -0.05) is 36.4 Å². The number of fused-ring (bicyclic) bond motifs is 1. The van der Waals surface area contributed by atoms with Gasteiger partial charge >= 0.3 is 17.9 Å². The van der Waals surface area contributed by atoms with E-state index in [0.717, 1.165) is 48.6 Å². The van der Waals surface area contributed by atoms with Crippen LogP contribution in [0.25, 0.3) is 24.3 Å². The number of ether oxygens (including phenoxy) is 12. The molecule has 4 saturated heterocycles. The molecule has 5 aliphatic heterocycles. The van der Waals surface area contributed by atoms with Gasteiger partial charge in [-0.05, 0) is 89.5 Å². The summed E-state index contributed by atoms with van der Waals surface area (Å²) in [6, 6.07) is 21.0. The Hall–Kier alpha value is -9.21. The molecule has 33 nitrogen and oxygen atoms in total. The molecule has 21 atom stereocenters. The van der Waals surface area contributed by atoms with Crippen molar-refractivity contribution in [3.8, 4) is 51.7 Å². The minimum Gasteiger partial charge on any atom is -0.508 e. The van der Waals surface area contributed by atoms with Crippen molar-refractivity contribution in [3.05, 3.63) is 149 Å². The summed E-state index contributed by atoms with van der Waals surface area (Å²) in [6.07, 6.45) is -33.4. The number of esters is 3. The Morgan fingerprint density at radius 1 is 0.404 bits per heavy atom. The van der Waals surface area contributed by atoms with Crippen LogP contribution in [0.1, 0.15) is 33.9 Å². The van der Waals surface area contributed by atoms with Crippen molar-refractivity contribution in [2.45, 2.75) is 129 Å². The molecule has 99 heavy (non-hydrogen) atoms. The first-order chi connectivity index (χ1) is 47.2. The van der Waals surface area contributed by atoms with Crippen LogP contribution in [0.2, 0.25) is 0 Å². The quantitative estimate of drug-likeness (QED) is 0.0199. The third kappa shape index (κ3) is 17.3. The fraction of sp³-hybridized carbons (Fsp3) is 0.379. The largest absolute Gasteiger partial charge is 0.508 e. The van der Waals surface area contributed by atoms with Gasteiger partial charge in [-0.25, -0.2) is 14.4 Å². The zero-order chi connectivity index (χ0) is 71.1. The maximum Gasteiger partial charge on any atom is 0.330 e. The number of carbonyl (C=O) groups excluding carboxylic acids is 3. The highest BCUT2D eigenvalue weighted by Crippen LogP contribution is 2.49. The van der Waals surface area contributed by atoms with Gasteiger partial charge in [-0.15, -0.1) is 0 Å². The van der Waals surface area contributed by atoms with E-state index >= 15 is 0 Å². The normalized spacial score (nSPS) is 31.5. The molecular formula is C66H70O33. The van der Waals surface area contributed by atoms with Crippen LogP contribution >= 0.6 is 0 Å². The Morgan fingerprint density at radius 2 is 0.747 bits per heavy atom. The molecule has 5 aliphatic rings. The molecule has 0 bridgehead atoms. The maximum absolute atomic E-state index is 12.9. The van der Waals surface area contributed by atoms with Gasteiger partial charge in [0.15, 0.2) is 17.6 Å². The average molecular weight is 1390 g/mol. The van der Waals surface area contributed by atoms with E-state index in [4.69, 9.17) is 56.8 Å². The number of phenols is 5. The van der Waals surface area contributed by atoms with Gasteiger partial charge in [0, 0.05) is 35.9 Å². The Balaban J connectivity index is 0.980. The zero-order valence-electron chi connectivity index (χ0n) is 51.4. The van der Waals surface area contributed by atoms with Crippen LogP contribution in [0.3, 0.4) is 0 Å². The predicted molar refractivity (Wildman–Crippen MR) is 329 cm³/mol. The molecule has 10 rings (SSSR count). The van der Waals surface area contributed by atoms with Gasteiger partial charge < -0.3 is 149 Å². The average Bonchev–Trinajstić information content (AvgIpc) is 0.765. The van der Waals surface area contributed by atoms with E-state index in [1.165, 1.54) is 91.0 Å². The van der Waals surface area contributed by atoms with Crippen LogP contribution in [0, 0.1) is 0 Å². The molecule has 0 spiro atoms. The molecule has 0 aromatic heterocycles. The molecule has 0 saturated carbocycles. The number of phenolic OH excluding ortho intramolecular Hbond substituents is 5. The lowest BCUT2D eigenvalue weighted by atomic mass is 9.98. The van der Waals surface area contributed by atoms with Crippen molar-refractivity contribution in [2.75, 3.05) is 26.4 Å². The standard InChI is InChI=1S/C66H70O33/c67-24-42-50(76)54(80)59(85)66(96-42)95-41-23-36-37(71)21-35(91-63-58(84)55(81)51(77)43(97-63)25-88-46(72)16-7-28-1-10-32(68)11-2-28)22-38(36)92-62(41)31-19-39(93-64-60(86)56(82)52(78)44(98-64)26-89-47(73)17-8-29-3-12-33(69)13-4-29)49(75)40(20-31)94-65-61(87)57(83)53(79)45(99-65)27-90-48(74)18-9-30-5-14-34(70)15-6-30/h1-23,42-45,50-71,75-87H,24-27H2/b16-7+,17-8+,18-9+/t42-,43-,44-,45-,50-,51-,52-,53-,54+,55+,56+,57+,58-,59-,60-,61-,62?,63-,64-,65-,66-/m1/s1. The lowest BCUT2D eigenvalue weighted by Crippen LogP contribution is -2.60. The minimum atomic E-state index is -2.22. The van der Waals surface area contributed by atoms with Crippen LogP contribution < -0.4 is 18.9 Å². The molecule has 0 aliphatic carbocycles. The monoisotopic (exact) mass is 1390 g/mol. The fourth-order valence-corrected chi connectivity index (χ4v) is 10.6. The molecular weight excluding hydrogens is 1320 g/mol. The number of aliphatic hydroxyl groups excluding tert-OH is 13. The van der Waals surface area contributed by atoms with Crippen LogP contribution in [-0.2, 0) is 52.3 Å². The van der Waals surface area contributed by atoms with Gasteiger partial charge in [0.1, 0.15) is 158 Å². The summed E-state index contributed by atoms with van der Waals surface area (Å²) in [6.45, 7) is -3.29. The van der Waals surface area contributed by atoms with Crippen molar-refractivity contribution in [3.63, 3.8) is 0 Å². The summed E-state index contributed by atoms with van der Waals surface area (Å²) in [5, 5.41) is 196. The van der Waals surface area contributed by atoms with Gasteiger partial charge in [-0.3, -0.25) is 0 Å². The molecule has 18 N–H and O–H groups in total. The van der Waals surface area contributed by atoms with E-state index in [2.05, 4.69) is 0 Å². The summed E-state index contributed by atoms with van der Waals surface area (Å²) in [5.74, 6) is -7.85. The van der Waals surface area contributed by atoms with Gasteiger partial charge in [0.25, 0.3) is 0 Å². The first kappa shape index (κ1) is 72.5. The zero-order valence-corrected chi connectivity index (χ0v) is 51.4. The van der Waals surface area contributed by atoms with Gasteiger partial charge in [-0.2, -0.15) is 0 Å². The Morgan fingerprint density at radius 3 is 1.12 bits per heavy atom. The Bertz CT molecular complexity index is 3600. The number of benzene rings is 5. The van der Waals surface area contributed by atoms with E-state index < -0.39 is 208 Å². The molecule has 4 fully saturated rings. The molecule has 5 heterocycles. The van der Waals surface area contributed by atoms with Crippen molar-refractivity contribution in [1.29, 1.82) is 0 Å². The van der Waals surface area contributed by atoms with Crippen LogP contribution in [0.15, 0.2) is 121 Å². The van der Waals surface area contributed by atoms with E-state index in [1.807, 2.05) is 0 Å². The lowest BCUT2D eigenvalue weighted by Gasteiger charge is -2.41. The van der Waals surface area contributed by atoms with Crippen molar-refractivity contribution >= 4 is 42.2 Å². The van der Waals surface area contributed by atoms with Crippen LogP contribution in [0.4, 0.5) is 0 Å². The number of aromatic hydroxyl groups is 5. The summed E-state index contributed by atoms with van der Waals surface area (Å²) in [7, 11) is 0. The SMILES string of the molecule is O=C(/C=C/c1ccc(O)cc1)OC[C@H]1O[C@@H](Oc2cc(O)c3c(c2)OC(c2cc(O[C@@H]4O[C@H](COC(=O)/C=C/c5ccc(O)cc5)[C@@H](O)[C@H](O)[C@H]4O)c(O)c(O[C@@H]4O[C@H](COC(=O)/C=C/c5ccc(O)cc5)[C@@H](O)[C@H](O)[C@H]4O)c2)C(O[C@@H]2O[C@H](CO)[C@@H](O)[C@H](O)[C@H]2O)=C3)[C@H](O)[C@@H](O)[C@@H]1O. The third-order valence-corrected chi connectivity index (χ3v) is 16.2. The van der Waals surface area contributed by atoms with E-state index in [9.17, 15) is 106 Å². The second-order valence-corrected chi connectivity index (χ2v) is 23.1. The Kier molecular flexibility index (Phi) is 23.3. The van der Waals surface area contributed by atoms with E-state index in [0.29, 0.717) is 16.7 Å². The smallest absolute Gasteiger partial charge is 0.330 e. The number of hydrogen-bond donors (Lipinski definition) is 18. The fourth-order valence-electron chi connectivity index (χ4n) is 10.6. The molecule has 33 heteroatoms. The minimum absolute atomic E-state index is 0.0249. The first-order valence-electron chi connectivity index (χ1n) is 30.3. The molecule has 0 amide bonds. The molecule has 5 aromatic carbocycles. The van der Waals surface area contributed by atoms with Gasteiger partial charge in [0.05, 0.1) is 12.2 Å². The number of rotatable bonds is 22. The second-order valence-electron chi connectivity index (χ2n) is 23.1. The van der Waals surface area contributed by atoms with Crippen molar-refractivity contribution in [1.82, 2.24) is 0 Å². The van der Waals surface area contributed by atoms with E-state index in [-0.39, 0.29) is 34.1 Å². The lowest BCUT2D eigenvalue weighted by molar-refractivity contribution is -0.293. The molecule has 5 aromatic rings. The summed E-state index contributed by atoms with van der Waals surface area (Å²) in [4.78, 5) is 38.4. The number of aliphatic hydroxyl groups is 13. The van der Waals surface area contributed by atoms with Crippen molar-refractivity contribution < 1.29 is 163 Å². The van der Waals surface area contributed by atoms with Crippen LogP contribution in [-0.4, -0.2) is 259 Å². The summed E-state index contributed by atoms with van der Waals surface area (Å²) >= 11 is 0. The number of hydrogen-bond acceptors (Lipinski definition) is 33. The van der Waals surface area contributed by atoms with Gasteiger partial charge in [0.2, 0.25) is 30.9 Å². The van der Waals surface area contributed by atoms with Crippen molar-refractivity contribution in [2.24, 2.45) is 0 Å². The topological polar surface area (TPSA) is 526 Å². The van der Waals surface area contributed by atoms with E-state index in [1.54, 1.807) is 0 Å². The highest BCUT2D eigenvalue weighted by Gasteiger charge is 2.50. The molecule has 532 valence electrons. The third-order valence-electron chi connectivity index (χ3n) is 16.2. The summed E-state index contributed by atoms with van der Waals surface area (Å²) in [5.41, 5.74) is 0.797. The highest BCUT2D eigenvalue weighted by molar-refractivity contribution is 5.88. The first-order valence-corrected chi connectivity index (χ1v) is 30.3. The molecule has 1 unspecified atom stereocenters. The second kappa shape index (κ2) is 31.8. The summed E-state index contributed by atoms with van der Waals surface area (Å²) < 4.78 is 69.4. The highest BCUT2D eigenvalue weighted by atomic mass is 16.7. The Labute approximate surface area is 559 Å². The maximum atomic E-state index is 12.9. The van der Waals surface area contributed by atoms with Crippen LogP contribution in [0.5, 0.6) is 51.7 Å². The number of carbonyl (C=O) groups is 3. The molecule has 0 radical (unpaired) electrons.